The van der Waals surface area contributed by atoms with Crippen LogP contribution in [0.25, 0.3) is 0 Å². The molecule has 2 atom stereocenters. The van der Waals surface area contributed by atoms with Gasteiger partial charge in [0.2, 0.25) is 0 Å². The Bertz CT molecular complexity index is 191. The van der Waals surface area contributed by atoms with E-state index in [0.29, 0.717) is 0 Å². The number of allylic oxidation sites excluding steroid dienone is 1. The van der Waals surface area contributed by atoms with Gasteiger partial charge < -0.3 is 10.2 Å². The Morgan fingerprint density at radius 2 is 2.10 bits per heavy atom. The van der Waals surface area contributed by atoms with E-state index in [-0.39, 0.29) is 11.7 Å². The minimum Gasteiger partial charge on any atom is -0.508 e. The average Bonchev–Trinajstić information content (AvgIpc) is 1.93. The van der Waals surface area contributed by atoms with Gasteiger partial charge in [-0.1, -0.05) is 13.0 Å². The molecule has 2 unspecified atom stereocenters. The lowest BCUT2D eigenvalue weighted by Crippen LogP contribution is -2.19. The second-order valence-electron chi connectivity index (χ2n) is 2.71. The first-order valence-electron chi connectivity index (χ1n) is 3.39. The maximum absolute atomic E-state index is 9.23. The van der Waals surface area contributed by atoms with Crippen LogP contribution in [0, 0.1) is 5.92 Å². The zero-order valence-corrected chi connectivity index (χ0v) is 6.20. The molecule has 1 aliphatic carbocycles. The molecule has 0 saturated heterocycles. The zero-order chi connectivity index (χ0) is 7.72. The summed E-state index contributed by atoms with van der Waals surface area (Å²) in [5.41, 5.74) is 0.856. The Morgan fingerprint density at radius 1 is 1.50 bits per heavy atom. The lowest BCUT2D eigenvalue weighted by Gasteiger charge is -2.20. The molecule has 0 bridgehead atoms. The van der Waals surface area contributed by atoms with Gasteiger partial charge in [0.05, 0.1) is 6.10 Å². The van der Waals surface area contributed by atoms with Crippen molar-refractivity contribution in [3.05, 3.63) is 23.5 Å². The third-order valence-corrected chi connectivity index (χ3v) is 2.05. The standard InChI is InChI=1S/C8H12O2/c1-5-6(2)8(10)4-3-7(5)9/h3-5,7,9-10H,1-2H3. The largest absolute Gasteiger partial charge is 0.508 e. The topological polar surface area (TPSA) is 40.5 Å². The van der Waals surface area contributed by atoms with Crippen molar-refractivity contribution in [3.63, 3.8) is 0 Å². The summed E-state index contributed by atoms with van der Waals surface area (Å²) in [6.45, 7) is 3.71. The first kappa shape index (κ1) is 7.35. The van der Waals surface area contributed by atoms with Gasteiger partial charge in [-0.05, 0) is 18.6 Å². The van der Waals surface area contributed by atoms with Crippen LogP contribution in [0.4, 0.5) is 0 Å². The van der Waals surface area contributed by atoms with Crippen LogP contribution in [0.5, 0.6) is 0 Å². The molecule has 1 aliphatic rings. The van der Waals surface area contributed by atoms with Crippen molar-refractivity contribution in [3.8, 4) is 0 Å². The molecule has 0 fully saturated rings. The molecule has 0 saturated carbocycles. The van der Waals surface area contributed by atoms with E-state index in [1.165, 1.54) is 0 Å². The first-order valence-corrected chi connectivity index (χ1v) is 3.39. The maximum atomic E-state index is 9.23. The molecule has 10 heavy (non-hydrogen) atoms. The van der Waals surface area contributed by atoms with Gasteiger partial charge in [-0.15, -0.1) is 0 Å². The van der Waals surface area contributed by atoms with E-state index < -0.39 is 6.10 Å². The number of hydrogen-bond acceptors (Lipinski definition) is 2. The van der Waals surface area contributed by atoms with Crippen LogP contribution < -0.4 is 0 Å². The fourth-order valence-corrected chi connectivity index (χ4v) is 0.977. The highest BCUT2D eigenvalue weighted by molar-refractivity contribution is 5.26. The van der Waals surface area contributed by atoms with Crippen molar-refractivity contribution < 1.29 is 10.2 Å². The van der Waals surface area contributed by atoms with Gasteiger partial charge >= 0.3 is 0 Å². The van der Waals surface area contributed by atoms with Crippen molar-refractivity contribution in [2.75, 3.05) is 0 Å². The number of hydrogen-bond donors (Lipinski definition) is 2. The molecule has 0 aromatic heterocycles. The van der Waals surface area contributed by atoms with Crippen molar-refractivity contribution in [2.45, 2.75) is 20.0 Å². The van der Waals surface area contributed by atoms with E-state index in [2.05, 4.69) is 0 Å². The van der Waals surface area contributed by atoms with Crippen LogP contribution in [-0.4, -0.2) is 16.3 Å². The monoisotopic (exact) mass is 140 g/mol. The molecule has 0 spiro atoms. The normalized spacial score (nSPS) is 33.1. The van der Waals surface area contributed by atoms with Gasteiger partial charge in [-0.25, -0.2) is 0 Å². The van der Waals surface area contributed by atoms with Crippen molar-refractivity contribution in [1.82, 2.24) is 0 Å². The van der Waals surface area contributed by atoms with Gasteiger partial charge in [-0.2, -0.15) is 0 Å². The second kappa shape index (κ2) is 2.46. The van der Waals surface area contributed by atoms with E-state index in [9.17, 15) is 5.11 Å². The molecule has 2 nitrogen and oxygen atoms in total. The molecule has 0 radical (unpaired) electrons. The summed E-state index contributed by atoms with van der Waals surface area (Å²) in [5, 5.41) is 18.4. The first-order chi connectivity index (χ1) is 4.63. The van der Waals surface area contributed by atoms with E-state index in [1.807, 2.05) is 13.8 Å². The molecular formula is C8H12O2. The van der Waals surface area contributed by atoms with E-state index in [1.54, 1.807) is 12.2 Å². The molecule has 1 rings (SSSR count). The van der Waals surface area contributed by atoms with Gasteiger partial charge in [0, 0.05) is 5.92 Å². The molecule has 2 N–H and O–H groups in total. The Morgan fingerprint density at radius 3 is 2.60 bits per heavy atom. The summed E-state index contributed by atoms with van der Waals surface area (Å²) in [7, 11) is 0. The Balaban J connectivity index is 2.88. The minimum absolute atomic E-state index is 0.0463. The van der Waals surface area contributed by atoms with Gasteiger partial charge in [0.25, 0.3) is 0 Å². The van der Waals surface area contributed by atoms with Crippen LogP contribution in [-0.2, 0) is 0 Å². The summed E-state index contributed by atoms with van der Waals surface area (Å²) in [5.74, 6) is 0.336. The van der Waals surface area contributed by atoms with Crippen LogP contribution >= 0.6 is 0 Å². The predicted octanol–water partition coefficient (Wildman–Crippen LogP) is 1.39. The molecule has 0 aliphatic heterocycles. The quantitative estimate of drug-likeness (QED) is 0.533. The SMILES string of the molecule is CC1=C(O)C=CC(O)C1C. The molecule has 0 amide bonds. The lowest BCUT2D eigenvalue weighted by molar-refractivity contribution is 0.172. The summed E-state index contributed by atoms with van der Waals surface area (Å²) >= 11 is 0. The number of aliphatic hydroxyl groups excluding tert-OH is 2. The van der Waals surface area contributed by atoms with E-state index in [0.717, 1.165) is 5.57 Å². The summed E-state index contributed by atoms with van der Waals surface area (Å²) in [6, 6.07) is 0. The van der Waals surface area contributed by atoms with Crippen molar-refractivity contribution >= 4 is 0 Å². The maximum Gasteiger partial charge on any atom is 0.114 e. The van der Waals surface area contributed by atoms with Gasteiger partial charge in [0.15, 0.2) is 0 Å². The molecular weight excluding hydrogens is 128 g/mol. The lowest BCUT2D eigenvalue weighted by atomic mass is 9.91. The highest BCUT2D eigenvalue weighted by Crippen LogP contribution is 2.22. The Hall–Kier alpha value is -0.760. The zero-order valence-electron chi connectivity index (χ0n) is 6.20. The van der Waals surface area contributed by atoms with Crippen LogP contribution in [0.15, 0.2) is 23.5 Å². The molecule has 0 heterocycles. The molecule has 56 valence electrons. The highest BCUT2D eigenvalue weighted by atomic mass is 16.3. The smallest absolute Gasteiger partial charge is 0.114 e. The van der Waals surface area contributed by atoms with Gasteiger partial charge in [0.1, 0.15) is 5.76 Å². The number of rotatable bonds is 0. The average molecular weight is 140 g/mol. The Labute approximate surface area is 60.5 Å². The number of aliphatic hydroxyl groups is 2. The summed E-state index contributed by atoms with van der Waals surface area (Å²) in [6.07, 6.45) is 2.71. The Kier molecular flexibility index (Phi) is 1.81. The minimum atomic E-state index is -0.434. The molecule has 2 heteroatoms. The summed E-state index contributed by atoms with van der Waals surface area (Å²) in [4.78, 5) is 0. The van der Waals surface area contributed by atoms with Crippen LogP contribution in [0.2, 0.25) is 0 Å². The highest BCUT2D eigenvalue weighted by Gasteiger charge is 2.18. The fourth-order valence-electron chi connectivity index (χ4n) is 0.977. The third kappa shape index (κ3) is 1.07. The second-order valence-corrected chi connectivity index (χ2v) is 2.71. The molecule has 0 aromatic carbocycles. The van der Waals surface area contributed by atoms with E-state index in [4.69, 9.17) is 5.11 Å². The fraction of sp³-hybridized carbons (Fsp3) is 0.500. The van der Waals surface area contributed by atoms with E-state index >= 15 is 0 Å². The van der Waals surface area contributed by atoms with Crippen LogP contribution in [0.1, 0.15) is 13.8 Å². The third-order valence-electron chi connectivity index (χ3n) is 2.05. The summed E-state index contributed by atoms with van der Waals surface area (Å²) < 4.78 is 0. The predicted molar refractivity (Wildman–Crippen MR) is 39.6 cm³/mol. The van der Waals surface area contributed by atoms with Crippen LogP contribution in [0.3, 0.4) is 0 Å². The molecule has 0 aromatic rings. The van der Waals surface area contributed by atoms with Crippen molar-refractivity contribution in [1.29, 1.82) is 0 Å². The van der Waals surface area contributed by atoms with Gasteiger partial charge in [-0.3, -0.25) is 0 Å². The van der Waals surface area contributed by atoms with Crippen molar-refractivity contribution in [2.24, 2.45) is 5.92 Å².